The van der Waals surface area contributed by atoms with Gasteiger partial charge in [0.2, 0.25) is 0 Å². The normalized spacial score (nSPS) is 44.0. The molecule has 9 N–H and O–H groups in total. The third-order valence-corrected chi connectivity index (χ3v) is 43.9. The number of hydrogen-bond acceptors (Lipinski definition) is 10. The standard InChI is InChI=1S/C39H58N2O2.C38H56N2O2.C37H53NO2/c1-25(2)28-15-20-39(41-24-23-40)22-21-37(6)30(33(28)39)13-14-32-36(5)18-16-29(26-9-11-27(12-10-26)34(42)43-8)35(3,4)31(36)17-19-38(32,37)7;1-24(2)27-14-19-38(40-23-22-39)21-20-36(6)29(32(27)38)12-13-31-35(5)17-15-28(25-8-10-26(11-9-25)33(41)42)34(3,4)30(35)16-18-37(31,36)7;1-23(2)26-15-20-37(38)22-21-35(6)28(31(26)37)13-14-30-34(5)18-16-27(24-9-11-25(12-10-24)32(39)40-8)33(3,4)29(34)17-19-36(30,35)7/h9-12,16,28,30-33,41H,1,13-15,17-24,40H2,2-8H3;8-11,15,27,29-32,40H,1,12-14,16-23,39H2,2-7H3,(H,41,42);9-12,16,26,28-31H,1,13-15,17-22,38H2,2-8H3/t28-,30+,31-,32+,33+,36-,37+,38+,39-;27-,29+,30-,31+,32+,35-,36+,37+,38-;26-,28+,29-,30+,31+,34-,35+,36+,37-/m000/s1. The Balaban J connectivity index is 0.000000138. The number of carbonyl (C=O) groups is 3. The largest absolute Gasteiger partial charge is 0.478 e. The predicted molar refractivity (Wildman–Crippen MR) is 515 cm³/mol. The lowest BCUT2D eigenvalue weighted by Gasteiger charge is -2.72. The molecule has 125 heavy (non-hydrogen) atoms. The monoisotopic (exact) mass is 1700 g/mol. The molecule has 0 saturated heterocycles. The first-order valence-corrected chi connectivity index (χ1v) is 50.3. The van der Waals surface area contributed by atoms with Gasteiger partial charge >= 0.3 is 17.9 Å². The van der Waals surface area contributed by atoms with E-state index in [1.165, 1.54) is 218 Å². The molecule has 15 aliphatic carbocycles. The van der Waals surface area contributed by atoms with Gasteiger partial charge in [0, 0.05) is 42.8 Å². The first-order chi connectivity index (χ1) is 58.8. The number of ether oxygens (including phenoxy) is 2. The molecule has 0 spiro atoms. The summed E-state index contributed by atoms with van der Waals surface area (Å²) < 4.78 is 9.88. The molecule has 15 aliphatic rings. The Morgan fingerprint density at radius 2 is 0.664 bits per heavy atom. The van der Waals surface area contributed by atoms with E-state index in [0.717, 1.165) is 56.0 Å². The molecule has 684 valence electrons. The van der Waals surface area contributed by atoms with E-state index in [2.05, 4.69) is 197 Å². The minimum Gasteiger partial charge on any atom is -0.478 e. The molecule has 0 amide bonds. The van der Waals surface area contributed by atoms with Crippen LogP contribution >= 0.6 is 0 Å². The van der Waals surface area contributed by atoms with Crippen molar-refractivity contribution in [1.29, 1.82) is 0 Å². The van der Waals surface area contributed by atoms with Crippen molar-refractivity contribution in [2.75, 3.05) is 40.4 Å². The molecule has 3 aromatic carbocycles. The van der Waals surface area contributed by atoms with Crippen LogP contribution in [0, 0.1) is 154 Å². The molecule has 0 radical (unpaired) electrons. The minimum atomic E-state index is -0.857. The van der Waals surface area contributed by atoms with E-state index in [4.69, 9.17) is 26.7 Å². The average molecular weight is 1700 g/mol. The van der Waals surface area contributed by atoms with Crippen molar-refractivity contribution in [3.63, 3.8) is 0 Å². The number of carboxylic acids is 1. The quantitative estimate of drug-likeness (QED) is 0.0627. The van der Waals surface area contributed by atoms with E-state index in [0.29, 0.717) is 133 Å². The van der Waals surface area contributed by atoms with Gasteiger partial charge in [-0.25, -0.2) is 14.4 Å². The lowest BCUT2D eigenvalue weighted by molar-refractivity contribution is -0.219. The Morgan fingerprint density at radius 3 is 0.968 bits per heavy atom. The van der Waals surface area contributed by atoms with Crippen LogP contribution in [0.5, 0.6) is 0 Å². The van der Waals surface area contributed by atoms with Crippen LogP contribution in [0.2, 0.25) is 0 Å². The maximum atomic E-state index is 12.1. The Bertz CT molecular complexity index is 4760. The summed E-state index contributed by atoms with van der Waals surface area (Å²) in [5.41, 5.74) is 36.7. The van der Waals surface area contributed by atoms with Crippen molar-refractivity contribution in [1.82, 2.24) is 10.6 Å². The number of allylic oxidation sites excluding steroid dienone is 9. The molecule has 18 rings (SSSR count). The van der Waals surface area contributed by atoms with Gasteiger partial charge in [-0.05, 0) is 418 Å². The maximum Gasteiger partial charge on any atom is 0.337 e. The van der Waals surface area contributed by atoms with Crippen LogP contribution in [0.15, 0.2) is 127 Å². The van der Waals surface area contributed by atoms with E-state index in [-0.39, 0.29) is 55.6 Å². The minimum absolute atomic E-state index is 0.0198. The highest BCUT2D eigenvalue weighted by atomic mass is 16.5. The van der Waals surface area contributed by atoms with Crippen LogP contribution in [-0.2, 0) is 9.47 Å². The number of benzene rings is 3. The van der Waals surface area contributed by atoms with E-state index < -0.39 is 5.97 Å². The molecule has 3 aromatic rings. The Kier molecular flexibility index (Phi) is 24.0. The molecule has 0 aliphatic heterocycles. The van der Waals surface area contributed by atoms with Crippen molar-refractivity contribution >= 4 is 34.6 Å². The summed E-state index contributed by atoms with van der Waals surface area (Å²) in [6, 6.07) is 23.8. The average Bonchev–Trinajstić information content (AvgIpc) is 1.65. The van der Waals surface area contributed by atoms with E-state index in [9.17, 15) is 19.5 Å². The fraction of sp³-hybridized carbons (Fsp3) is 0.711. The molecule has 27 atom stereocenters. The van der Waals surface area contributed by atoms with Gasteiger partial charge in [-0.1, -0.05) is 195 Å². The second-order valence-electron chi connectivity index (χ2n) is 49.2. The van der Waals surface area contributed by atoms with Crippen molar-refractivity contribution in [3.05, 3.63) is 161 Å². The number of esters is 2. The van der Waals surface area contributed by atoms with Crippen LogP contribution in [0.3, 0.4) is 0 Å². The zero-order chi connectivity index (χ0) is 90.2. The molecule has 0 heterocycles. The van der Waals surface area contributed by atoms with E-state index in [1.807, 2.05) is 36.4 Å². The van der Waals surface area contributed by atoms with Gasteiger partial charge in [0.1, 0.15) is 0 Å². The first-order valence-electron chi connectivity index (χ1n) is 50.3. The fourth-order valence-electron chi connectivity index (χ4n) is 37.6. The number of hydrogen-bond donors (Lipinski definition) is 6. The molecule has 0 bridgehead atoms. The second kappa shape index (κ2) is 32.4. The highest BCUT2D eigenvalue weighted by Gasteiger charge is 2.75. The van der Waals surface area contributed by atoms with Crippen molar-refractivity contribution < 1.29 is 29.0 Å². The Hall–Kier alpha value is -5.69. The first kappa shape index (κ1) is 92.6. The van der Waals surface area contributed by atoms with Crippen LogP contribution in [-0.4, -0.2) is 80.0 Å². The summed E-state index contributed by atoms with van der Waals surface area (Å²) in [4.78, 5) is 35.6. The molecule has 11 heteroatoms. The van der Waals surface area contributed by atoms with Gasteiger partial charge in [0.25, 0.3) is 0 Å². The zero-order valence-electron chi connectivity index (χ0n) is 81.6. The molecule has 0 aromatic heterocycles. The number of fused-ring (bicyclic) bond motifs is 21. The summed E-state index contributed by atoms with van der Waals surface area (Å²) >= 11 is 0. The van der Waals surface area contributed by atoms with Gasteiger partial charge in [-0.3, -0.25) is 0 Å². The number of nitrogens with two attached hydrogens (primary N) is 3. The van der Waals surface area contributed by atoms with E-state index in [1.54, 1.807) is 12.1 Å². The van der Waals surface area contributed by atoms with Crippen LogP contribution in [0.4, 0.5) is 0 Å². The van der Waals surface area contributed by atoms with Gasteiger partial charge in [-0.15, -0.1) is 0 Å². The third kappa shape index (κ3) is 13.7. The van der Waals surface area contributed by atoms with Gasteiger partial charge < -0.3 is 42.4 Å². The molecular weight excluding hydrogens is 1540 g/mol. The van der Waals surface area contributed by atoms with Crippen LogP contribution < -0.4 is 27.8 Å². The van der Waals surface area contributed by atoms with E-state index >= 15 is 0 Å². The number of aromatic carboxylic acids is 1. The smallest absolute Gasteiger partial charge is 0.337 e. The molecule has 12 saturated carbocycles. The van der Waals surface area contributed by atoms with Crippen LogP contribution in [0.1, 0.15) is 346 Å². The Labute approximate surface area is 756 Å². The molecular formula is C114H167N5O6. The lowest BCUT2D eigenvalue weighted by atomic mass is 9.33. The summed E-state index contributed by atoms with van der Waals surface area (Å²) in [6.45, 7) is 62.9. The number of nitrogens with one attached hydrogen (secondary N) is 2. The lowest BCUT2D eigenvalue weighted by Crippen LogP contribution is -2.68. The SMILES string of the molecule is C=C(C)[C@@H]1CC[C@]2(N)CC[C@]3(C)[C@H](CC[C@@H]4[C@@]5(C)CC=C(c6ccc(C(=O)OC)cc6)C(C)(C)[C@@H]5CC[C@]43C)[C@@H]12.C=C(C)[C@@H]1CC[C@]2(NCCN)CC[C@]3(C)[C@H](CC[C@@H]4[C@@]5(C)CC=C(c6ccc(C(=O)O)cc6)C(C)(C)[C@@H]5CC[C@]43C)[C@@H]12.C=C(C)[C@@H]1CC[C@]2(NCCN)CC[C@]3(C)[C@H](CC[C@@H]4[C@@]5(C)CC=C(c6ccc(C(=O)OC)cc6)C(C)(C)[C@@H]5CC[C@]43C)[C@@H]12. The van der Waals surface area contributed by atoms with Gasteiger partial charge in [-0.2, -0.15) is 0 Å². The topological polar surface area (TPSA) is 192 Å². The fourth-order valence-corrected chi connectivity index (χ4v) is 37.6. The van der Waals surface area contributed by atoms with Crippen molar-refractivity contribution in [2.45, 2.75) is 315 Å². The zero-order valence-corrected chi connectivity index (χ0v) is 81.6. The maximum absolute atomic E-state index is 12.1. The van der Waals surface area contributed by atoms with Crippen molar-refractivity contribution in [3.8, 4) is 0 Å². The van der Waals surface area contributed by atoms with Crippen molar-refractivity contribution in [2.24, 2.45) is 171 Å². The van der Waals surface area contributed by atoms with Crippen LogP contribution in [0.25, 0.3) is 16.7 Å². The summed E-state index contributed by atoms with van der Waals surface area (Å²) in [5.74, 6) is 8.69. The predicted octanol–water partition coefficient (Wildman–Crippen LogP) is 25.6. The summed E-state index contributed by atoms with van der Waals surface area (Å²) in [7, 11) is 2.89. The molecule has 11 nitrogen and oxygen atoms in total. The number of carbonyl (C=O) groups excluding carboxylic acids is 2. The summed E-state index contributed by atoms with van der Waals surface area (Å²) in [6.07, 6.45) is 42.2. The molecule has 12 fully saturated rings. The Morgan fingerprint density at radius 1 is 0.368 bits per heavy atom. The second-order valence-corrected chi connectivity index (χ2v) is 49.2. The number of rotatable bonds is 15. The third-order valence-electron chi connectivity index (χ3n) is 43.9. The molecule has 0 unspecified atom stereocenters. The van der Waals surface area contributed by atoms with Gasteiger partial charge in [0.05, 0.1) is 30.9 Å². The number of carboxylic acid groups (broad SMARTS) is 1. The van der Waals surface area contributed by atoms with Gasteiger partial charge in [0.15, 0.2) is 0 Å². The summed E-state index contributed by atoms with van der Waals surface area (Å²) in [5, 5.41) is 17.5. The highest BCUT2D eigenvalue weighted by molar-refractivity contribution is 5.91. The number of methoxy groups -OCH3 is 2. The highest BCUT2D eigenvalue weighted by Crippen LogP contribution is 2.81.